The molecule has 1 unspecified atom stereocenters. The smallest absolute Gasteiger partial charge is 0.0640 e. The van der Waals surface area contributed by atoms with Gasteiger partial charge in [-0.15, -0.1) is 0 Å². The van der Waals surface area contributed by atoms with Crippen LogP contribution in [0.15, 0.2) is 12.4 Å². The zero-order valence-corrected chi connectivity index (χ0v) is 12.6. The summed E-state index contributed by atoms with van der Waals surface area (Å²) in [6.45, 7) is 7.02. The molecule has 1 aromatic rings. The number of aliphatic hydroxyl groups excluding tert-OH is 1. The first-order valence-corrected chi connectivity index (χ1v) is 7.02. The highest BCUT2D eigenvalue weighted by Crippen LogP contribution is 2.08. The van der Waals surface area contributed by atoms with E-state index in [0.717, 1.165) is 18.7 Å². The number of likely N-dealkylation sites (N-methyl/N-ethyl adjacent to an activating group) is 1. The molecule has 5 heteroatoms. The molecule has 0 bridgehead atoms. The third-order valence-electron chi connectivity index (χ3n) is 3.20. The van der Waals surface area contributed by atoms with Gasteiger partial charge in [0.25, 0.3) is 0 Å². The number of nitrogens with zero attached hydrogens (tertiary/aromatic N) is 3. The molecule has 0 saturated carbocycles. The van der Waals surface area contributed by atoms with E-state index in [-0.39, 0.29) is 6.61 Å². The molecule has 0 aliphatic carbocycles. The number of aromatic nitrogens is 2. The van der Waals surface area contributed by atoms with Crippen LogP contribution in [-0.4, -0.2) is 53.1 Å². The molecule has 1 heterocycles. The number of rotatable bonds is 9. The van der Waals surface area contributed by atoms with Crippen LogP contribution in [0.1, 0.15) is 25.8 Å². The molecule has 0 amide bonds. The summed E-state index contributed by atoms with van der Waals surface area (Å²) in [5.74, 6) is 0.710. The van der Waals surface area contributed by atoms with E-state index in [0.29, 0.717) is 18.5 Å². The fourth-order valence-electron chi connectivity index (χ4n) is 2.13. The molecule has 5 nitrogen and oxygen atoms in total. The lowest BCUT2D eigenvalue weighted by Gasteiger charge is -2.26. The first-order valence-electron chi connectivity index (χ1n) is 7.02. The summed E-state index contributed by atoms with van der Waals surface area (Å²) in [5, 5.41) is 16.5. The summed E-state index contributed by atoms with van der Waals surface area (Å²) in [6, 6.07) is 0.562. The van der Waals surface area contributed by atoms with E-state index in [4.69, 9.17) is 5.11 Å². The van der Waals surface area contributed by atoms with E-state index in [1.54, 1.807) is 4.68 Å². The first kappa shape index (κ1) is 16.1. The van der Waals surface area contributed by atoms with Gasteiger partial charge in [-0.2, -0.15) is 5.10 Å². The number of nitrogens with one attached hydrogen (secondary N) is 1. The Morgan fingerprint density at radius 2 is 2.16 bits per heavy atom. The van der Waals surface area contributed by atoms with Gasteiger partial charge in [0.15, 0.2) is 0 Å². The molecule has 0 fully saturated rings. The minimum atomic E-state index is 0.131. The normalized spacial score (nSPS) is 13.4. The molecule has 2 N–H and O–H groups in total. The molecule has 19 heavy (non-hydrogen) atoms. The second-order valence-corrected chi connectivity index (χ2v) is 5.71. The molecule has 0 saturated heterocycles. The van der Waals surface area contributed by atoms with Crippen molar-refractivity contribution in [1.29, 1.82) is 0 Å². The molecule has 1 aromatic heterocycles. The zero-order valence-electron chi connectivity index (χ0n) is 12.6. The van der Waals surface area contributed by atoms with E-state index >= 15 is 0 Å². The third-order valence-corrected chi connectivity index (χ3v) is 3.20. The lowest BCUT2D eigenvalue weighted by molar-refractivity contribution is 0.246. The highest BCUT2D eigenvalue weighted by molar-refractivity contribution is 5.03. The maximum absolute atomic E-state index is 8.84. The van der Waals surface area contributed by atoms with Crippen molar-refractivity contribution in [3.05, 3.63) is 18.0 Å². The second kappa shape index (κ2) is 8.30. The Bertz CT molecular complexity index is 349. The van der Waals surface area contributed by atoms with Crippen molar-refractivity contribution in [3.63, 3.8) is 0 Å². The first-order chi connectivity index (χ1) is 9.02. The van der Waals surface area contributed by atoms with Crippen LogP contribution in [0.3, 0.4) is 0 Å². The van der Waals surface area contributed by atoms with Gasteiger partial charge in [0, 0.05) is 30.9 Å². The Morgan fingerprint density at radius 3 is 2.74 bits per heavy atom. The molecule has 0 aromatic carbocycles. The molecule has 1 atom stereocenters. The van der Waals surface area contributed by atoms with Gasteiger partial charge in [-0.3, -0.25) is 4.68 Å². The molecular formula is C14H28N4O. The molecule has 0 radical (unpaired) electrons. The number of hydrogen-bond acceptors (Lipinski definition) is 4. The summed E-state index contributed by atoms with van der Waals surface area (Å²) < 4.78 is 1.77. The van der Waals surface area contributed by atoms with Crippen LogP contribution < -0.4 is 5.32 Å². The zero-order chi connectivity index (χ0) is 14.3. The highest BCUT2D eigenvalue weighted by Gasteiger charge is 2.12. The molecule has 0 aliphatic heterocycles. The van der Waals surface area contributed by atoms with Gasteiger partial charge >= 0.3 is 0 Å². The van der Waals surface area contributed by atoms with E-state index in [1.807, 2.05) is 12.4 Å². The summed E-state index contributed by atoms with van der Waals surface area (Å²) in [4.78, 5) is 2.28. The lowest BCUT2D eigenvalue weighted by atomic mass is 10.0. The van der Waals surface area contributed by atoms with Gasteiger partial charge in [0.05, 0.1) is 19.3 Å². The maximum atomic E-state index is 8.84. The van der Waals surface area contributed by atoms with Crippen molar-refractivity contribution in [3.8, 4) is 0 Å². The van der Waals surface area contributed by atoms with Gasteiger partial charge in [0.1, 0.15) is 0 Å². The van der Waals surface area contributed by atoms with Gasteiger partial charge in [-0.1, -0.05) is 13.8 Å². The summed E-state index contributed by atoms with van der Waals surface area (Å²) in [6.07, 6.45) is 5.04. The quantitative estimate of drug-likeness (QED) is 0.700. The Labute approximate surface area is 116 Å². The summed E-state index contributed by atoms with van der Waals surface area (Å²) >= 11 is 0. The molecule has 0 aliphatic rings. The monoisotopic (exact) mass is 268 g/mol. The summed E-state index contributed by atoms with van der Waals surface area (Å²) in [7, 11) is 4.27. The highest BCUT2D eigenvalue weighted by atomic mass is 16.3. The van der Waals surface area contributed by atoms with Crippen LogP contribution in [0, 0.1) is 5.92 Å². The van der Waals surface area contributed by atoms with Gasteiger partial charge < -0.3 is 15.3 Å². The Hall–Kier alpha value is -0.910. The standard InChI is InChI=1S/C14H28N4O/c1-12(2)7-14(17(3)4)10-15-8-13-9-16-18(11-13)5-6-19/h9,11-12,14-15,19H,5-8,10H2,1-4H3. The van der Waals surface area contributed by atoms with Gasteiger partial charge in [-0.25, -0.2) is 0 Å². The fraction of sp³-hybridized carbons (Fsp3) is 0.786. The van der Waals surface area contributed by atoms with Crippen LogP contribution in [0.5, 0.6) is 0 Å². The topological polar surface area (TPSA) is 53.3 Å². The third kappa shape index (κ3) is 6.18. The number of hydrogen-bond donors (Lipinski definition) is 2. The van der Waals surface area contributed by atoms with E-state index in [9.17, 15) is 0 Å². The van der Waals surface area contributed by atoms with Crippen molar-refractivity contribution in [2.24, 2.45) is 5.92 Å². The summed E-state index contributed by atoms with van der Waals surface area (Å²) in [5.41, 5.74) is 1.16. The molecule has 0 spiro atoms. The average molecular weight is 268 g/mol. The van der Waals surface area contributed by atoms with Crippen LogP contribution >= 0.6 is 0 Å². The Kier molecular flexibility index (Phi) is 7.05. The fourth-order valence-corrected chi connectivity index (χ4v) is 2.13. The Morgan fingerprint density at radius 1 is 1.42 bits per heavy atom. The SMILES string of the molecule is CC(C)CC(CNCc1cnn(CCO)c1)N(C)C. The van der Waals surface area contributed by atoms with Crippen molar-refractivity contribution < 1.29 is 5.11 Å². The Balaban J connectivity index is 2.34. The minimum Gasteiger partial charge on any atom is -0.394 e. The average Bonchev–Trinajstić information content (AvgIpc) is 2.75. The van der Waals surface area contributed by atoms with Crippen LogP contribution in [0.4, 0.5) is 0 Å². The van der Waals surface area contributed by atoms with Gasteiger partial charge in [0.2, 0.25) is 0 Å². The van der Waals surface area contributed by atoms with Crippen molar-refractivity contribution in [2.75, 3.05) is 27.2 Å². The van der Waals surface area contributed by atoms with E-state index in [1.165, 1.54) is 6.42 Å². The van der Waals surface area contributed by atoms with Gasteiger partial charge in [-0.05, 0) is 26.4 Å². The predicted molar refractivity (Wildman–Crippen MR) is 77.9 cm³/mol. The van der Waals surface area contributed by atoms with Crippen LogP contribution in [-0.2, 0) is 13.1 Å². The second-order valence-electron chi connectivity index (χ2n) is 5.71. The largest absolute Gasteiger partial charge is 0.394 e. The van der Waals surface area contributed by atoms with E-state index < -0.39 is 0 Å². The molecule has 110 valence electrons. The van der Waals surface area contributed by atoms with Crippen molar-refractivity contribution >= 4 is 0 Å². The van der Waals surface area contributed by atoms with Crippen molar-refractivity contribution in [1.82, 2.24) is 20.0 Å². The van der Waals surface area contributed by atoms with Crippen LogP contribution in [0.2, 0.25) is 0 Å². The maximum Gasteiger partial charge on any atom is 0.0640 e. The number of aliphatic hydroxyl groups is 1. The van der Waals surface area contributed by atoms with Crippen LogP contribution in [0.25, 0.3) is 0 Å². The minimum absolute atomic E-state index is 0.131. The predicted octanol–water partition coefficient (Wildman–Crippen LogP) is 0.941. The molecule has 1 rings (SSSR count). The van der Waals surface area contributed by atoms with Crippen molar-refractivity contribution in [2.45, 2.75) is 39.4 Å². The molecular weight excluding hydrogens is 240 g/mol. The lowest BCUT2D eigenvalue weighted by Crippen LogP contribution is -2.38. The van der Waals surface area contributed by atoms with E-state index in [2.05, 4.69) is 43.3 Å².